The molecule has 10 heteroatoms. The molecule has 1 aliphatic rings. The van der Waals surface area contributed by atoms with Gasteiger partial charge in [-0.1, -0.05) is 103 Å². The first-order valence-electron chi connectivity index (χ1n) is 14.9. The highest BCUT2D eigenvalue weighted by atomic mass is 35.5. The highest BCUT2D eigenvalue weighted by Crippen LogP contribution is 2.31. The van der Waals surface area contributed by atoms with E-state index in [0.717, 1.165) is 35.6 Å². The van der Waals surface area contributed by atoms with Crippen molar-refractivity contribution in [3.8, 4) is 0 Å². The summed E-state index contributed by atoms with van der Waals surface area (Å²) >= 11 is 6.50. The van der Waals surface area contributed by atoms with E-state index in [1.54, 1.807) is 54.6 Å². The first-order chi connectivity index (χ1) is 21.7. The Hall–Kier alpha value is -4.21. The molecule has 0 aliphatic heterocycles. The SMILES string of the molecule is O=C(NC1CCCC1)C(Cc1ccccc1)N(Cc1ccccc1F)C(=O)CN(c1ccccc1Cl)S(=O)(=O)c1ccccc1. The minimum Gasteiger partial charge on any atom is -0.352 e. The Bertz CT molecular complexity index is 1720. The zero-order valence-corrected chi connectivity index (χ0v) is 26.3. The number of hydrogen-bond donors (Lipinski definition) is 1. The molecule has 234 valence electrons. The van der Waals surface area contributed by atoms with E-state index in [-0.39, 0.29) is 46.1 Å². The summed E-state index contributed by atoms with van der Waals surface area (Å²) in [6.45, 7) is -0.916. The van der Waals surface area contributed by atoms with Crippen LogP contribution in [0.3, 0.4) is 0 Å². The molecular formula is C35H35ClFN3O4S. The van der Waals surface area contributed by atoms with Gasteiger partial charge in [-0.25, -0.2) is 12.8 Å². The Balaban J connectivity index is 1.57. The number of carbonyl (C=O) groups excluding carboxylic acids is 2. The lowest BCUT2D eigenvalue weighted by molar-refractivity contribution is -0.140. The van der Waals surface area contributed by atoms with E-state index in [0.29, 0.717) is 0 Å². The Morgan fingerprint density at radius 3 is 2.11 bits per heavy atom. The second-order valence-electron chi connectivity index (χ2n) is 11.1. The van der Waals surface area contributed by atoms with Gasteiger partial charge in [0.15, 0.2) is 0 Å². The van der Waals surface area contributed by atoms with Crippen LogP contribution in [0.1, 0.15) is 36.8 Å². The number of amides is 2. The van der Waals surface area contributed by atoms with Crippen LogP contribution in [0.4, 0.5) is 10.1 Å². The standard InChI is InChI=1S/C35H35ClFN3O4S/c36-30-20-10-12-22-32(30)40(45(43,44)29-18-5-2-6-19-29)25-34(41)39(24-27-15-7-11-21-31(27)37)33(23-26-13-3-1-4-14-26)35(42)38-28-16-8-9-17-28/h1-7,10-15,18-22,28,33H,8-9,16-17,23-25H2,(H,38,42). The van der Waals surface area contributed by atoms with E-state index in [4.69, 9.17) is 11.6 Å². The fourth-order valence-corrected chi connectivity index (χ4v) is 7.36. The summed E-state index contributed by atoms with van der Waals surface area (Å²) in [7, 11) is -4.28. The molecule has 0 bridgehead atoms. The van der Waals surface area contributed by atoms with Crippen LogP contribution in [0.2, 0.25) is 5.02 Å². The maximum Gasteiger partial charge on any atom is 0.264 e. The maximum atomic E-state index is 15.1. The van der Waals surface area contributed by atoms with E-state index in [1.165, 1.54) is 29.2 Å². The number of para-hydroxylation sites is 1. The van der Waals surface area contributed by atoms with Crippen molar-refractivity contribution in [1.29, 1.82) is 0 Å². The molecule has 0 aromatic heterocycles. The second kappa shape index (κ2) is 14.7. The first-order valence-corrected chi connectivity index (χ1v) is 16.8. The lowest BCUT2D eigenvalue weighted by Crippen LogP contribution is -2.54. The molecule has 1 saturated carbocycles. The van der Waals surface area contributed by atoms with E-state index < -0.39 is 34.3 Å². The van der Waals surface area contributed by atoms with Crippen LogP contribution >= 0.6 is 11.6 Å². The third-order valence-electron chi connectivity index (χ3n) is 8.00. The van der Waals surface area contributed by atoms with Crippen LogP contribution in [0.5, 0.6) is 0 Å². The van der Waals surface area contributed by atoms with Gasteiger partial charge in [0.1, 0.15) is 18.4 Å². The van der Waals surface area contributed by atoms with Crippen LogP contribution < -0.4 is 9.62 Å². The smallest absolute Gasteiger partial charge is 0.264 e. The third kappa shape index (κ3) is 7.90. The van der Waals surface area contributed by atoms with E-state index >= 15 is 4.39 Å². The van der Waals surface area contributed by atoms with Gasteiger partial charge >= 0.3 is 0 Å². The van der Waals surface area contributed by atoms with Gasteiger partial charge in [0.2, 0.25) is 11.8 Å². The maximum absolute atomic E-state index is 15.1. The molecule has 1 unspecified atom stereocenters. The summed E-state index contributed by atoms with van der Waals surface area (Å²) in [4.78, 5) is 29.7. The van der Waals surface area contributed by atoms with Crippen LogP contribution in [-0.2, 0) is 32.6 Å². The number of anilines is 1. The van der Waals surface area contributed by atoms with Crippen molar-refractivity contribution < 1.29 is 22.4 Å². The number of sulfonamides is 1. The van der Waals surface area contributed by atoms with Gasteiger partial charge in [-0.05, 0) is 48.7 Å². The number of rotatable bonds is 12. The zero-order valence-electron chi connectivity index (χ0n) is 24.7. The molecular weight excluding hydrogens is 613 g/mol. The van der Waals surface area contributed by atoms with Crippen molar-refractivity contribution in [1.82, 2.24) is 10.2 Å². The predicted molar refractivity (Wildman–Crippen MR) is 174 cm³/mol. The first kappa shape index (κ1) is 32.2. The van der Waals surface area contributed by atoms with Crippen LogP contribution in [0.25, 0.3) is 0 Å². The Labute approximate surface area is 268 Å². The lowest BCUT2D eigenvalue weighted by atomic mass is 10.0. The topological polar surface area (TPSA) is 86.8 Å². The third-order valence-corrected chi connectivity index (χ3v) is 10.1. The molecule has 1 N–H and O–H groups in total. The monoisotopic (exact) mass is 647 g/mol. The summed E-state index contributed by atoms with van der Waals surface area (Å²) < 4.78 is 44.1. The molecule has 7 nitrogen and oxygen atoms in total. The number of hydrogen-bond acceptors (Lipinski definition) is 4. The number of nitrogens with one attached hydrogen (secondary N) is 1. The van der Waals surface area contributed by atoms with Gasteiger partial charge in [0.05, 0.1) is 15.6 Å². The van der Waals surface area contributed by atoms with Gasteiger partial charge < -0.3 is 10.2 Å². The molecule has 2 amide bonds. The molecule has 0 heterocycles. The molecule has 1 aliphatic carbocycles. The van der Waals surface area contributed by atoms with Crippen LogP contribution in [0, 0.1) is 5.82 Å². The average Bonchev–Trinajstić information content (AvgIpc) is 3.56. The average molecular weight is 648 g/mol. The zero-order chi connectivity index (χ0) is 31.8. The number of nitrogens with zero attached hydrogens (tertiary/aromatic N) is 2. The number of carbonyl (C=O) groups is 2. The Morgan fingerprint density at radius 2 is 1.44 bits per heavy atom. The van der Waals surface area contributed by atoms with Crippen molar-refractivity contribution >= 4 is 39.1 Å². The quantitative estimate of drug-likeness (QED) is 0.194. The van der Waals surface area contributed by atoms with E-state index in [1.807, 2.05) is 30.3 Å². The van der Waals surface area contributed by atoms with E-state index in [2.05, 4.69) is 5.32 Å². The van der Waals surface area contributed by atoms with Crippen molar-refractivity contribution in [2.45, 2.75) is 55.6 Å². The second-order valence-corrected chi connectivity index (χ2v) is 13.4. The summed E-state index contributed by atoms with van der Waals surface area (Å²) in [5.74, 6) is -1.59. The molecule has 0 radical (unpaired) electrons. The highest BCUT2D eigenvalue weighted by Gasteiger charge is 2.36. The molecule has 4 aromatic rings. The summed E-state index contributed by atoms with van der Waals surface area (Å²) in [5, 5.41) is 3.24. The van der Waals surface area contributed by atoms with Crippen molar-refractivity contribution in [2.24, 2.45) is 0 Å². The molecule has 0 spiro atoms. The summed E-state index contributed by atoms with van der Waals surface area (Å²) in [6, 6.07) is 28.3. The Kier molecular flexibility index (Phi) is 10.5. The van der Waals surface area contributed by atoms with Gasteiger partial charge in [0.25, 0.3) is 10.0 Å². The molecule has 5 rings (SSSR count). The van der Waals surface area contributed by atoms with E-state index in [9.17, 15) is 18.0 Å². The largest absolute Gasteiger partial charge is 0.352 e. The molecule has 4 aromatic carbocycles. The highest BCUT2D eigenvalue weighted by molar-refractivity contribution is 7.92. The predicted octanol–water partition coefficient (Wildman–Crippen LogP) is 6.37. The molecule has 0 saturated heterocycles. The fraction of sp³-hybridized carbons (Fsp3) is 0.257. The lowest BCUT2D eigenvalue weighted by Gasteiger charge is -2.34. The van der Waals surface area contributed by atoms with Crippen LogP contribution in [0.15, 0.2) is 114 Å². The van der Waals surface area contributed by atoms with Crippen molar-refractivity contribution in [3.63, 3.8) is 0 Å². The van der Waals surface area contributed by atoms with Crippen LogP contribution in [-0.4, -0.2) is 43.8 Å². The number of benzene rings is 4. The van der Waals surface area contributed by atoms with Crippen molar-refractivity contribution in [2.75, 3.05) is 10.8 Å². The van der Waals surface area contributed by atoms with Gasteiger partial charge in [-0.2, -0.15) is 0 Å². The van der Waals surface area contributed by atoms with Gasteiger partial charge in [0, 0.05) is 24.6 Å². The fourth-order valence-electron chi connectivity index (χ4n) is 5.62. The summed E-state index contributed by atoms with van der Waals surface area (Å²) in [5.41, 5.74) is 1.11. The van der Waals surface area contributed by atoms with Crippen molar-refractivity contribution in [3.05, 3.63) is 131 Å². The minimum atomic E-state index is -4.28. The molecule has 45 heavy (non-hydrogen) atoms. The minimum absolute atomic E-state index is 0.0285. The molecule has 1 atom stereocenters. The summed E-state index contributed by atoms with van der Waals surface area (Å²) in [6.07, 6.45) is 3.81. The normalized spacial score (nSPS) is 14.1. The number of halogens is 2. The Morgan fingerprint density at radius 1 is 0.844 bits per heavy atom. The van der Waals surface area contributed by atoms with Gasteiger partial charge in [-0.15, -0.1) is 0 Å². The van der Waals surface area contributed by atoms with Gasteiger partial charge in [-0.3, -0.25) is 13.9 Å². The molecule has 1 fully saturated rings.